The highest BCUT2D eigenvalue weighted by molar-refractivity contribution is 5.69. The Hall–Kier alpha value is -1.55. The molecule has 4 heteroatoms. The van der Waals surface area contributed by atoms with Crippen LogP contribution >= 0.6 is 0 Å². The molecule has 1 aromatic rings. The number of nitrogens with zero attached hydrogens (tertiary/aromatic N) is 2. The lowest BCUT2D eigenvalue weighted by molar-refractivity contribution is -0.141. The summed E-state index contributed by atoms with van der Waals surface area (Å²) >= 11 is 0. The summed E-state index contributed by atoms with van der Waals surface area (Å²) in [7, 11) is 2.04. The van der Waals surface area contributed by atoms with Crippen LogP contribution in [-0.2, 0) is 4.79 Å². The summed E-state index contributed by atoms with van der Waals surface area (Å²) in [6.45, 7) is 4.49. The maximum atomic E-state index is 10.9. The van der Waals surface area contributed by atoms with Crippen molar-refractivity contribution in [3.63, 3.8) is 0 Å². The first-order chi connectivity index (χ1) is 9.58. The molecule has 0 aromatic heterocycles. The first kappa shape index (κ1) is 14.9. The Labute approximate surface area is 121 Å². The molecular formula is C16H24N2O2. The topological polar surface area (TPSA) is 43.8 Å². The lowest BCUT2D eigenvalue weighted by Gasteiger charge is -2.38. The average Bonchev–Trinajstić information content (AvgIpc) is 2.48. The zero-order chi connectivity index (χ0) is 14.5. The number of hydrogen-bond donors (Lipinski definition) is 1. The summed E-state index contributed by atoms with van der Waals surface area (Å²) in [5.41, 5.74) is 1.28. The fourth-order valence-corrected chi connectivity index (χ4v) is 2.86. The zero-order valence-electron chi connectivity index (χ0n) is 12.3. The Morgan fingerprint density at radius 3 is 2.50 bits per heavy atom. The standard InChI is InChI=1S/C16H24N2O2/c1-13(16(19)20)12-17(2)14-8-10-18(11-9-14)15-6-4-3-5-7-15/h3-7,13-14H,8-12H2,1-2H3,(H,19,20). The molecule has 1 fully saturated rings. The SMILES string of the molecule is CC(CN(C)C1CCN(c2ccccc2)CC1)C(=O)O. The van der Waals surface area contributed by atoms with E-state index in [2.05, 4.69) is 34.1 Å². The quantitative estimate of drug-likeness (QED) is 0.896. The summed E-state index contributed by atoms with van der Waals surface area (Å²) in [4.78, 5) is 15.5. The minimum Gasteiger partial charge on any atom is -0.481 e. The van der Waals surface area contributed by atoms with Crippen LogP contribution < -0.4 is 4.90 Å². The molecule has 0 bridgehead atoms. The molecule has 1 saturated heterocycles. The number of hydrogen-bond acceptors (Lipinski definition) is 3. The molecule has 1 aliphatic rings. The van der Waals surface area contributed by atoms with Crippen molar-refractivity contribution >= 4 is 11.7 Å². The second-order valence-electron chi connectivity index (χ2n) is 5.73. The van der Waals surface area contributed by atoms with Gasteiger partial charge in [-0.15, -0.1) is 0 Å². The van der Waals surface area contributed by atoms with Gasteiger partial charge in [-0.05, 0) is 32.0 Å². The molecule has 110 valence electrons. The van der Waals surface area contributed by atoms with Crippen molar-refractivity contribution in [1.29, 1.82) is 0 Å². The van der Waals surface area contributed by atoms with Crippen LogP contribution in [0.25, 0.3) is 0 Å². The number of para-hydroxylation sites is 1. The Kier molecular flexibility index (Phi) is 5.01. The van der Waals surface area contributed by atoms with E-state index in [1.807, 2.05) is 13.1 Å². The summed E-state index contributed by atoms with van der Waals surface area (Å²) in [5.74, 6) is -1.01. The van der Waals surface area contributed by atoms with Crippen LogP contribution in [0.3, 0.4) is 0 Å². The number of carboxylic acid groups (broad SMARTS) is 1. The number of carboxylic acids is 1. The molecule has 0 radical (unpaired) electrons. The summed E-state index contributed by atoms with van der Waals surface area (Å²) < 4.78 is 0. The number of rotatable bonds is 5. The van der Waals surface area contributed by atoms with E-state index in [0.29, 0.717) is 12.6 Å². The van der Waals surface area contributed by atoms with Crippen LogP contribution in [0.4, 0.5) is 5.69 Å². The Balaban J connectivity index is 1.83. The van der Waals surface area contributed by atoms with Gasteiger partial charge in [-0.2, -0.15) is 0 Å². The van der Waals surface area contributed by atoms with E-state index in [1.165, 1.54) is 5.69 Å². The van der Waals surface area contributed by atoms with Crippen LogP contribution in [0.5, 0.6) is 0 Å². The van der Waals surface area contributed by atoms with Crippen molar-refractivity contribution < 1.29 is 9.90 Å². The molecule has 0 aliphatic carbocycles. The van der Waals surface area contributed by atoms with E-state index >= 15 is 0 Å². The molecule has 20 heavy (non-hydrogen) atoms. The molecule has 0 spiro atoms. The van der Waals surface area contributed by atoms with Gasteiger partial charge in [0, 0.05) is 31.4 Å². The maximum Gasteiger partial charge on any atom is 0.307 e. The van der Waals surface area contributed by atoms with E-state index in [-0.39, 0.29) is 5.92 Å². The number of aliphatic carboxylic acids is 1. The van der Waals surface area contributed by atoms with Gasteiger partial charge in [0.2, 0.25) is 0 Å². The van der Waals surface area contributed by atoms with Crippen LogP contribution in [0, 0.1) is 5.92 Å². The van der Waals surface area contributed by atoms with Crippen molar-refractivity contribution in [2.45, 2.75) is 25.8 Å². The predicted octanol–water partition coefficient (Wildman–Crippen LogP) is 2.31. The largest absolute Gasteiger partial charge is 0.481 e. The number of anilines is 1. The second-order valence-corrected chi connectivity index (χ2v) is 5.73. The molecular weight excluding hydrogens is 252 g/mol. The van der Waals surface area contributed by atoms with Crippen molar-refractivity contribution in [2.75, 3.05) is 31.6 Å². The van der Waals surface area contributed by atoms with E-state index < -0.39 is 5.97 Å². The van der Waals surface area contributed by atoms with Crippen LogP contribution in [0.2, 0.25) is 0 Å². The minimum atomic E-state index is -0.710. The fraction of sp³-hybridized carbons (Fsp3) is 0.562. The van der Waals surface area contributed by atoms with E-state index in [1.54, 1.807) is 6.92 Å². The zero-order valence-corrected chi connectivity index (χ0v) is 12.3. The smallest absolute Gasteiger partial charge is 0.307 e. The van der Waals surface area contributed by atoms with Crippen molar-refractivity contribution in [3.05, 3.63) is 30.3 Å². The van der Waals surface area contributed by atoms with E-state index in [4.69, 9.17) is 5.11 Å². The first-order valence-electron chi connectivity index (χ1n) is 7.31. The summed E-state index contributed by atoms with van der Waals surface area (Å²) in [6.07, 6.45) is 2.19. The number of piperidine rings is 1. The molecule has 0 saturated carbocycles. The Morgan fingerprint density at radius 1 is 1.35 bits per heavy atom. The molecule has 1 aliphatic heterocycles. The molecule has 2 rings (SSSR count). The van der Waals surface area contributed by atoms with Gasteiger partial charge in [0.1, 0.15) is 0 Å². The second kappa shape index (κ2) is 6.75. The van der Waals surface area contributed by atoms with Gasteiger partial charge in [0.25, 0.3) is 0 Å². The van der Waals surface area contributed by atoms with E-state index in [9.17, 15) is 4.79 Å². The van der Waals surface area contributed by atoms with Crippen LogP contribution in [0.1, 0.15) is 19.8 Å². The van der Waals surface area contributed by atoms with Gasteiger partial charge in [0.15, 0.2) is 0 Å². The maximum absolute atomic E-state index is 10.9. The number of benzene rings is 1. The van der Waals surface area contributed by atoms with Crippen molar-refractivity contribution in [1.82, 2.24) is 4.90 Å². The van der Waals surface area contributed by atoms with Gasteiger partial charge in [-0.3, -0.25) is 4.79 Å². The van der Waals surface area contributed by atoms with Gasteiger partial charge in [-0.25, -0.2) is 0 Å². The molecule has 1 aromatic carbocycles. The highest BCUT2D eigenvalue weighted by atomic mass is 16.4. The van der Waals surface area contributed by atoms with Gasteiger partial charge < -0.3 is 14.9 Å². The molecule has 0 amide bonds. The number of carbonyl (C=O) groups is 1. The highest BCUT2D eigenvalue weighted by Gasteiger charge is 2.24. The fourth-order valence-electron chi connectivity index (χ4n) is 2.86. The monoisotopic (exact) mass is 276 g/mol. The highest BCUT2D eigenvalue weighted by Crippen LogP contribution is 2.22. The summed E-state index contributed by atoms with van der Waals surface area (Å²) in [5, 5.41) is 8.99. The first-order valence-corrected chi connectivity index (χ1v) is 7.31. The molecule has 1 N–H and O–H groups in total. The third kappa shape index (κ3) is 3.73. The van der Waals surface area contributed by atoms with Gasteiger partial charge in [-0.1, -0.05) is 25.1 Å². The predicted molar refractivity (Wildman–Crippen MR) is 81.1 cm³/mol. The Morgan fingerprint density at radius 2 is 1.95 bits per heavy atom. The summed E-state index contributed by atoms with van der Waals surface area (Å²) in [6, 6.07) is 11.0. The van der Waals surface area contributed by atoms with Gasteiger partial charge in [0.05, 0.1) is 5.92 Å². The lowest BCUT2D eigenvalue weighted by Crippen LogP contribution is -2.45. The lowest BCUT2D eigenvalue weighted by atomic mass is 10.0. The van der Waals surface area contributed by atoms with Crippen LogP contribution in [-0.4, -0.2) is 48.7 Å². The van der Waals surface area contributed by atoms with Crippen LogP contribution in [0.15, 0.2) is 30.3 Å². The molecule has 1 unspecified atom stereocenters. The van der Waals surface area contributed by atoms with Crippen molar-refractivity contribution in [3.8, 4) is 0 Å². The molecule has 1 heterocycles. The minimum absolute atomic E-state index is 0.299. The third-order valence-corrected chi connectivity index (χ3v) is 4.19. The molecule has 1 atom stereocenters. The third-order valence-electron chi connectivity index (χ3n) is 4.19. The van der Waals surface area contributed by atoms with E-state index in [0.717, 1.165) is 25.9 Å². The normalized spacial score (nSPS) is 18.2. The molecule has 4 nitrogen and oxygen atoms in total. The Bertz CT molecular complexity index is 427. The average molecular weight is 276 g/mol. The van der Waals surface area contributed by atoms with Gasteiger partial charge >= 0.3 is 5.97 Å². The van der Waals surface area contributed by atoms with Crippen molar-refractivity contribution in [2.24, 2.45) is 5.92 Å².